The molecule has 5 nitrogen and oxygen atoms in total. The van der Waals surface area contributed by atoms with E-state index in [4.69, 9.17) is 0 Å². The lowest BCUT2D eigenvalue weighted by molar-refractivity contribution is 0.0537. The van der Waals surface area contributed by atoms with Gasteiger partial charge in [-0.3, -0.25) is 9.69 Å². The number of rotatable bonds is 5. The fourth-order valence-corrected chi connectivity index (χ4v) is 2.56. The molecule has 0 bridgehead atoms. The Balaban J connectivity index is 1.87. The number of aromatic nitrogens is 2. The van der Waals surface area contributed by atoms with Gasteiger partial charge in [-0.2, -0.15) is 25.6 Å². The van der Waals surface area contributed by atoms with Gasteiger partial charge in [0, 0.05) is 44.7 Å². The number of carbonyl (C=O) groups is 1. The van der Waals surface area contributed by atoms with Crippen LogP contribution in [-0.2, 0) is 0 Å². The number of carbonyl (C=O) groups excluding carboxylic acids is 1. The Morgan fingerprint density at radius 3 is 2.65 bits per heavy atom. The monoisotopic (exact) mass is 304 g/mol. The van der Waals surface area contributed by atoms with Gasteiger partial charge >= 0.3 is 6.55 Å². The van der Waals surface area contributed by atoms with Crippen molar-refractivity contribution >= 4 is 17.7 Å². The van der Waals surface area contributed by atoms with Crippen LogP contribution in [-0.4, -0.2) is 70.2 Å². The number of hydrogen-bond donors (Lipinski definition) is 0. The molecular weight excluding hydrogens is 286 g/mol. The highest BCUT2D eigenvalue weighted by atomic mass is 32.2. The fraction of sp³-hybridized carbons (Fsp3) is 0.667. The summed E-state index contributed by atoms with van der Waals surface area (Å²) >= 11 is 1.80. The summed E-state index contributed by atoms with van der Waals surface area (Å²) < 4.78 is 25.3. The van der Waals surface area contributed by atoms with Gasteiger partial charge in [0.1, 0.15) is 0 Å². The summed E-state index contributed by atoms with van der Waals surface area (Å²) in [6.45, 7) is 1.19. The molecule has 1 saturated heterocycles. The van der Waals surface area contributed by atoms with Crippen LogP contribution in [0.25, 0.3) is 0 Å². The third-order valence-corrected chi connectivity index (χ3v) is 3.89. The first-order valence-electron chi connectivity index (χ1n) is 6.45. The summed E-state index contributed by atoms with van der Waals surface area (Å²) in [6, 6.07) is 1.34. The van der Waals surface area contributed by atoms with E-state index in [0.717, 1.165) is 31.6 Å². The number of alkyl halides is 2. The molecule has 20 heavy (non-hydrogen) atoms. The quantitative estimate of drug-likeness (QED) is 0.824. The largest absolute Gasteiger partial charge is 0.335 e. The fourth-order valence-electron chi connectivity index (χ4n) is 2.12. The summed E-state index contributed by atoms with van der Waals surface area (Å²) in [6.07, 6.45) is 3.20. The van der Waals surface area contributed by atoms with E-state index >= 15 is 0 Å². The van der Waals surface area contributed by atoms with Crippen LogP contribution in [0.3, 0.4) is 0 Å². The van der Waals surface area contributed by atoms with Crippen molar-refractivity contribution in [2.45, 2.75) is 6.55 Å². The zero-order valence-corrected chi connectivity index (χ0v) is 12.2. The molecule has 1 aromatic heterocycles. The highest BCUT2D eigenvalue weighted by molar-refractivity contribution is 7.98. The van der Waals surface area contributed by atoms with E-state index in [1.54, 1.807) is 16.7 Å². The third-order valence-electron chi connectivity index (χ3n) is 3.30. The molecule has 0 spiro atoms. The van der Waals surface area contributed by atoms with Gasteiger partial charge in [-0.15, -0.1) is 0 Å². The van der Waals surface area contributed by atoms with Crippen LogP contribution in [0.4, 0.5) is 8.78 Å². The molecular formula is C12H18F2N4OS. The highest BCUT2D eigenvalue weighted by Gasteiger charge is 2.24. The Kier molecular flexibility index (Phi) is 5.36. The third kappa shape index (κ3) is 3.69. The molecule has 0 saturated carbocycles. The first kappa shape index (κ1) is 15.2. The minimum Gasteiger partial charge on any atom is -0.335 e. The smallest absolute Gasteiger partial charge is 0.333 e. The number of halogens is 2. The van der Waals surface area contributed by atoms with Crippen LogP contribution in [0.5, 0.6) is 0 Å². The molecule has 8 heteroatoms. The van der Waals surface area contributed by atoms with Crippen LogP contribution in [0.1, 0.15) is 17.0 Å². The number of thioether (sulfide) groups is 1. The molecule has 0 radical (unpaired) electrons. The van der Waals surface area contributed by atoms with E-state index in [1.165, 1.54) is 6.07 Å². The first-order valence-corrected chi connectivity index (χ1v) is 7.85. The van der Waals surface area contributed by atoms with Crippen molar-refractivity contribution < 1.29 is 13.6 Å². The van der Waals surface area contributed by atoms with E-state index in [1.807, 2.05) is 0 Å². The maximum absolute atomic E-state index is 12.4. The van der Waals surface area contributed by atoms with Crippen LogP contribution in [0.15, 0.2) is 12.3 Å². The molecule has 0 atom stereocenters. The number of hydrogen-bond acceptors (Lipinski definition) is 4. The summed E-state index contributed by atoms with van der Waals surface area (Å²) in [4.78, 5) is 16.1. The number of amides is 1. The molecule has 112 valence electrons. The number of nitrogens with zero attached hydrogens (tertiary/aromatic N) is 4. The molecule has 2 heterocycles. The summed E-state index contributed by atoms with van der Waals surface area (Å²) in [7, 11) is 0. The van der Waals surface area contributed by atoms with Crippen LogP contribution in [0.2, 0.25) is 0 Å². The second-order valence-electron chi connectivity index (χ2n) is 4.59. The van der Waals surface area contributed by atoms with Gasteiger partial charge in [0.2, 0.25) is 0 Å². The summed E-state index contributed by atoms with van der Waals surface area (Å²) in [5, 5.41) is 3.61. The van der Waals surface area contributed by atoms with Crippen molar-refractivity contribution in [2.24, 2.45) is 0 Å². The van der Waals surface area contributed by atoms with Gasteiger partial charge in [-0.1, -0.05) is 0 Å². The Morgan fingerprint density at radius 1 is 1.40 bits per heavy atom. The Hall–Kier alpha value is -1.15. The van der Waals surface area contributed by atoms with E-state index in [-0.39, 0.29) is 11.6 Å². The zero-order chi connectivity index (χ0) is 14.5. The maximum atomic E-state index is 12.4. The average Bonchev–Trinajstić information content (AvgIpc) is 2.95. The molecule has 2 rings (SSSR count). The lowest BCUT2D eigenvalue weighted by Gasteiger charge is -2.34. The Bertz CT molecular complexity index is 446. The van der Waals surface area contributed by atoms with E-state index < -0.39 is 6.55 Å². The van der Waals surface area contributed by atoms with Gasteiger partial charge in [-0.25, -0.2) is 4.68 Å². The number of piperazine rings is 1. The lowest BCUT2D eigenvalue weighted by Crippen LogP contribution is -2.49. The van der Waals surface area contributed by atoms with E-state index in [2.05, 4.69) is 16.3 Å². The van der Waals surface area contributed by atoms with Crippen molar-refractivity contribution in [2.75, 3.05) is 44.7 Å². The molecule has 1 fully saturated rings. The Morgan fingerprint density at radius 2 is 2.10 bits per heavy atom. The second-order valence-corrected chi connectivity index (χ2v) is 5.57. The standard InChI is InChI=1S/C12H18F2N4OS/c1-20-9-8-16-4-6-17(7-5-16)11(19)10-2-3-18(15-10)12(13)14/h2-3,12H,4-9H2,1H3. The van der Waals surface area contributed by atoms with Crippen molar-refractivity contribution in [1.82, 2.24) is 19.6 Å². The van der Waals surface area contributed by atoms with Crippen LogP contribution < -0.4 is 0 Å². The van der Waals surface area contributed by atoms with Gasteiger partial charge < -0.3 is 4.90 Å². The second kappa shape index (κ2) is 7.03. The van der Waals surface area contributed by atoms with Crippen LogP contribution >= 0.6 is 11.8 Å². The molecule has 0 aliphatic carbocycles. The predicted octanol–water partition coefficient (Wildman–Crippen LogP) is 1.40. The highest BCUT2D eigenvalue weighted by Crippen LogP contribution is 2.12. The predicted molar refractivity (Wildman–Crippen MR) is 74.2 cm³/mol. The molecule has 0 aromatic carbocycles. The minimum atomic E-state index is -2.71. The van der Waals surface area contributed by atoms with Crippen LogP contribution in [0, 0.1) is 0 Å². The molecule has 0 unspecified atom stereocenters. The molecule has 0 N–H and O–H groups in total. The van der Waals surface area contributed by atoms with Crippen molar-refractivity contribution in [3.8, 4) is 0 Å². The minimum absolute atomic E-state index is 0.0860. The van der Waals surface area contributed by atoms with Gasteiger partial charge in [0.25, 0.3) is 5.91 Å². The molecule has 1 amide bonds. The van der Waals surface area contributed by atoms with Gasteiger partial charge in [0.15, 0.2) is 5.69 Å². The lowest BCUT2D eigenvalue weighted by atomic mass is 10.3. The van der Waals surface area contributed by atoms with Gasteiger partial charge in [-0.05, 0) is 12.3 Å². The average molecular weight is 304 g/mol. The van der Waals surface area contributed by atoms with E-state index in [0.29, 0.717) is 17.8 Å². The summed E-state index contributed by atoms with van der Waals surface area (Å²) in [5.74, 6) is 0.807. The Labute approximate surface area is 120 Å². The normalized spacial score (nSPS) is 16.9. The van der Waals surface area contributed by atoms with Gasteiger partial charge in [0.05, 0.1) is 0 Å². The van der Waals surface area contributed by atoms with Crippen molar-refractivity contribution in [3.63, 3.8) is 0 Å². The molecule has 1 aliphatic rings. The van der Waals surface area contributed by atoms with E-state index in [9.17, 15) is 13.6 Å². The van der Waals surface area contributed by atoms with Crippen molar-refractivity contribution in [1.29, 1.82) is 0 Å². The SMILES string of the molecule is CSCCN1CCN(C(=O)c2ccn(C(F)F)n2)CC1. The first-order chi connectivity index (χ1) is 9.61. The molecule has 1 aromatic rings. The molecule has 1 aliphatic heterocycles. The topological polar surface area (TPSA) is 41.4 Å². The summed E-state index contributed by atoms with van der Waals surface area (Å²) in [5.41, 5.74) is 0.0860. The maximum Gasteiger partial charge on any atom is 0.333 e. The van der Waals surface area contributed by atoms with Crippen molar-refractivity contribution in [3.05, 3.63) is 18.0 Å². The zero-order valence-electron chi connectivity index (χ0n) is 11.3.